The first kappa shape index (κ1) is 32.8. The van der Waals surface area contributed by atoms with Gasteiger partial charge in [-0.3, -0.25) is 0 Å². The van der Waals surface area contributed by atoms with Gasteiger partial charge in [-0.15, -0.1) is 12.4 Å². The van der Waals surface area contributed by atoms with Crippen LogP contribution in [0, 0.1) is 0 Å². The molecule has 0 bridgehead atoms. The van der Waals surface area contributed by atoms with Gasteiger partial charge in [0.25, 0.3) is 0 Å². The minimum Gasteiger partial charge on any atom is -0.313 e. The standard InChI is InChI=1S/C30H29Br2N3O4S2.ClH/c31-25-15-11-23(12-16-25)21-34(40(36,37)27-7-3-1-4-8-27)29-19-33-20-30(29)35(22-24-13-17-26(32)18-14-24)41(38,39)28-9-5-2-6-10-28;/h1-18,29-30,33H,19-22H2;1H/t29-,30-;/m0./s1. The van der Waals surface area contributed by atoms with Crippen LogP contribution in [-0.2, 0) is 33.1 Å². The van der Waals surface area contributed by atoms with Gasteiger partial charge in [0.1, 0.15) is 0 Å². The SMILES string of the molecule is Cl.O=S(=O)(c1ccccc1)N(Cc1ccc(Br)cc1)[C@H]1CNC[C@@H]1N(Cc1ccc(Br)cc1)S(=O)(=O)c1ccccc1. The largest absolute Gasteiger partial charge is 0.313 e. The van der Waals surface area contributed by atoms with Gasteiger partial charge < -0.3 is 5.32 Å². The summed E-state index contributed by atoms with van der Waals surface area (Å²) < 4.78 is 61.4. The van der Waals surface area contributed by atoms with Crippen LogP contribution in [0.2, 0.25) is 0 Å². The molecule has 7 nitrogen and oxygen atoms in total. The molecule has 2 atom stereocenters. The Morgan fingerprint density at radius 2 is 0.905 bits per heavy atom. The third kappa shape index (κ3) is 7.34. The summed E-state index contributed by atoms with van der Waals surface area (Å²) in [7, 11) is -7.99. The van der Waals surface area contributed by atoms with E-state index in [1.165, 1.54) is 8.61 Å². The number of nitrogens with zero attached hydrogens (tertiary/aromatic N) is 2. The average Bonchev–Trinajstić information content (AvgIpc) is 3.46. The molecule has 4 aromatic carbocycles. The minimum atomic E-state index is -3.99. The highest BCUT2D eigenvalue weighted by Crippen LogP contribution is 2.31. The lowest BCUT2D eigenvalue weighted by Gasteiger charge is -2.37. The van der Waals surface area contributed by atoms with Crippen molar-refractivity contribution in [3.63, 3.8) is 0 Å². The van der Waals surface area contributed by atoms with Crippen LogP contribution in [0.5, 0.6) is 0 Å². The monoisotopic (exact) mass is 753 g/mol. The fourth-order valence-electron chi connectivity index (χ4n) is 4.99. The summed E-state index contributed by atoms with van der Waals surface area (Å²) in [5.41, 5.74) is 1.59. The molecule has 5 rings (SSSR count). The Balaban J connectivity index is 0.00000405. The van der Waals surface area contributed by atoms with Gasteiger partial charge in [-0.1, -0.05) is 92.5 Å². The summed E-state index contributed by atoms with van der Waals surface area (Å²) in [5, 5.41) is 3.29. The van der Waals surface area contributed by atoms with Crippen molar-refractivity contribution in [1.29, 1.82) is 0 Å². The molecular formula is C30H30Br2ClN3O4S2. The maximum absolute atomic E-state index is 14.2. The van der Waals surface area contributed by atoms with Crippen LogP contribution >= 0.6 is 44.3 Å². The number of sulfonamides is 2. The van der Waals surface area contributed by atoms with Crippen LogP contribution in [0.3, 0.4) is 0 Å². The summed E-state index contributed by atoms with van der Waals surface area (Å²) in [4.78, 5) is 0.321. The molecule has 0 spiro atoms. The number of nitrogens with one attached hydrogen (secondary N) is 1. The molecule has 1 aliphatic rings. The molecule has 1 fully saturated rings. The van der Waals surface area contributed by atoms with Crippen molar-refractivity contribution < 1.29 is 16.8 Å². The second-order valence-electron chi connectivity index (χ2n) is 9.77. The number of benzene rings is 4. The van der Waals surface area contributed by atoms with Gasteiger partial charge in [0, 0.05) is 35.1 Å². The van der Waals surface area contributed by atoms with E-state index >= 15 is 0 Å². The van der Waals surface area contributed by atoms with Crippen molar-refractivity contribution >= 4 is 64.3 Å². The van der Waals surface area contributed by atoms with Crippen LogP contribution < -0.4 is 5.32 Å². The van der Waals surface area contributed by atoms with Crippen LogP contribution in [-0.4, -0.2) is 50.6 Å². The van der Waals surface area contributed by atoms with Crippen molar-refractivity contribution in [2.45, 2.75) is 35.0 Å². The molecule has 12 heteroatoms. The summed E-state index contributed by atoms with van der Waals surface area (Å²) >= 11 is 6.89. The predicted molar refractivity (Wildman–Crippen MR) is 174 cm³/mol. The fourth-order valence-corrected chi connectivity index (χ4v) is 8.85. The molecule has 0 aliphatic carbocycles. The highest BCUT2D eigenvalue weighted by molar-refractivity contribution is 9.10. The first-order valence-corrected chi connectivity index (χ1v) is 17.5. The second kappa shape index (κ2) is 14.1. The van der Waals surface area contributed by atoms with Crippen LogP contribution in [0.25, 0.3) is 0 Å². The van der Waals surface area contributed by atoms with Gasteiger partial charge in [0.05, 0.1) is 21.9 Å². The molecule has 42 heavy (non-hydrogen) atoms. The lowest BCUT2D eigenvalue weighted by Crippen LogP contribution is -2.54. The van der Waals surface area contributed by atoms with Gasteiger partial charge in [0.2, 0.25) is 20.0 Å². The van der Waals surface area contributed by atoms with E-state index in [2.05, 4.69) is 37.2 Å². The normalized spacial score (nSPS) is 17.3. The molecular weight excluding hydrogens is 726 g/mol. The Bertz CT molecular complexity index is 1550. The predicted octanol–water partition coefficient (Wildman–Crippen LogP) is 6.06. The van der Waals surface area contributed by atoms with Crippen LogP contribution in [0.4, 0.5) is 0 Å². The lowest BCUT2D eigenvalue weighted by atomic mass is 10.1. The van der Waals surface area contributed by atoms with Gasteiger partial charge in [0.15, 0.2) is 0 Å². The summed E-state index contributed by atoms with van der Waals surface area (Å²) in [6.45, 7) is 0.776. The van der Waals surface area contributed by atoms with Gasteiger partial charge in [-0.05, 0) is 59.7 Å². The summed E-state index contributed by atoms with van der Waals surface area (Å²) in [6.07, 6.45) is 0. The highest BCUT2D eigenvalue weighted by atomic mass is 79.9. The Morgan fingerprint density at radius 3 is 1.24 bits per heavy atom. The van der Waals surface area contributed by atoms with Crippen molar-refractivity contribution in [2.24, 2.45) is 0 Å². The van der Waals surface area contributed by atoms with E-state index in [9.17, 15) is 16.8 Å². The smallest absolute Gasteiger partial charge is 0.243 e. The topological polar surface area (TPSA) is 86.8 Å². The number of hydrogen-bond acceptors (Lipinski definition) is 5. The van der Waals surface area contributed by atoms with Gasteiger partial charge >= 0.3 is 0 Å². The van der Waals surface area contributed by atoms with Crippen molar-refractivity contribution in [2.75, 3.05) is 13.1 Å². The number of rotatable bonds is 10. The Kier molecular flexibility index (Phi) is 11.0. The van der Waals surface area contributed by atoms with E-state index in [-0.39, 0.29) is 35.3 Å². The maximum Gasteiger partial charge on any atom is 0.243 e. The molecule has 0 unspecified atom stereocenters. The maximum atomic E-state index is 14.2. The Hall–Kier alpha value is -2.09. The number of halogens is 3. The van der Waals surface area contributed by atoms with E-state index in [1.54, 1.807) is 60.7 Å². The molecule has 222 valence electrons. The van der Waals surface area contributed by atoms with E-state index in [4.69, 9.17) is 0 Å². The third-order valence-electron chi connectivity index (χ3n) is 7.09. The van der Waals surface area contributed by atoms with Gasteiger partial charge in [-0.25, -0.2) is 16.8 Å². The van der Waals surface area contributed by atoms with E-state index in [1.807, 2.05) is 48.5 Å². The highest BCUT2D eigenvalue weighted by Gasteiger charge is 2.45. The van der Waals surface area contributed by atoms with Crippen LogP contribution in [0.15, 0.2) is 128 Å². The summed E-state index contributed by atoms with van der Waals surface area (Å²) in [6, 6.07) is 30.2. The quantitative estimate of drug-likeness (QED) is 0.213. The molecule has 0 amide bonds. The van der Waals surface area contributed by atoms with Gasteiger partial charge in [-0.2, -0.15) is 8.61 Å². The molecule has 0 aromatic heterocycles. The molecule has 1 heterocycles. The zero-order valence-corrected chi connectivity index (χ0v) is 28.0. The molecule has 4 aromatic rings. The minimum absolute atomic E-state index is 0. The zero-order valence-electron chi connectivity index (χ0n) is 22.4. The van der Waals surface area contributed by atoms with Crippen molar-refractivity contribution in [1.82, 2.24) is 13.9 Å². The fraction of sp³-hybridized carbons (Fsp3) is 0.200. The van der Waals surface area contributed by atoms with Crippen molar-refractivity contribution in [3.8, 4) is 0 Å². The third-order valence-corrected chi connectivity index (χ3v) is 11.9. The van der Waals surface area contributed by atoms with E-state index in [0.717, 1.165) is 20.1 Å². The summed E-state index contributed by atoms with van der Waals surface area (Å²) in [5.74, 6) is 0. The van der Waals surface area contributed by atoms with Crippen molar-refractivity contribution in [3.05, 3.63) is 129 Å². The Morgan fingerprint density at radius 1 is 0.571 bits per heavy atom. The number of hydrogen-bond donors (Lipinski definition) is 1. The molecule has 1 saturated heterocycles. The Labute approximate surface area is 270 Å². The van der Waals surface area contributed by atoms with E-state index in [0.29, 0.717) is 13.1 Å². The second-order valence-corrected chi connectivity index (χ2v) is 15.4. The first-order valence-electron chi connectivity index (χ1n) is 13.0. The zero-order chi connectivity index (χ0) is 29.0. The first-order chi connectivity index (χ1) is 19.7. The average molecular weight is 756 g/mol. The van der Waals surface area contributed by atoms with E-state index < -0.39 is 32.1 Å². The molecule has 0 radical (unpaired) electrons. The molecule has 0 saturated carbocycles. The lowest BCUT2D eigenvalue weighted by molar-refractivity contribution is 0.219. The molecule has 1 N–H and O–H groups in total. The van der Waals surface area contributed by atoms with Crippen LogP contribution in [0.1, 0.15) is 11.1 Å². The molecule has 1 aliphatic heterocycles.